The van der Waals surface area contributed by atoms with E-state index in [0.29, 0.717) is 5.82 Å². The number of rotatable bonds is 4. The molecule has 0 amide bonds. The van der Waals surface area contributed by atoms with Gasteiger partial charge in [-0.2, -0.15) is 0 Å². The van der Waals surface area contributed by atoms with Crippen LogP contribution in [0.4, 0.5) is 5.82 Å². The van der Waals surface area contributed by atoms with E-state index in [1.807, 2.05) is 0 Å². The fourth-order valence-corrected chi connectivity index (χ4v) is 2.79. The molecule has 0 saturated heterocycles. The van der Waals surface area contributed by atoms with E-state index >= 15 is 0 Å². The summed E-state index contributed by atoms with van der Waals surface area (Å²) >= 11 is 0. The molecule has 2 rings (SSSR count). The van der Waals surface area contributed by atoms with Crippen molar-refractivity contribution in [2.24, 2.45) is 0 Å². The number of nitrogen functional groups attached to an aromatic ring is 1. The number of aromatic nitrogens is 3. The van der Waals surface area contributed by atoms with Crippen molar-refractivity contribution in [3.8, 4) is 0 Å². The minimum absolute atomic E-state index is 0.0309. The number of imidazole rings is 1. The molecule has 2 aromatic rings. The van der Waals surface area contributed by atoms with Gasteiger partial charge in [0.1, 0.15) is 16.5 Å². The third kappa shape index (κ3) is 2.49. The van der Waals surface area contributed by atoms with E-state index in [9.17, 15) is 8.42 Å². The lowest BCUT2D eigenvalue weighted by molar-refractivity contribution is 0.561. The monoisotopic (exact) mass is 267 g/mol. The molecule has 0 radical (unpaired) electrons. The molecular weight excluding hydrogens is 254 g/mol. The highest BCUT2D eigenvalue weighted by molar-refractivity contribution is 7.89. The summed E-state index contributed by atoms with van der Waals surface area (Å²) in [6.45, 7) is 1.68. The average Bonchev–Trinajstić information content (AvgIpc) is 2.82. The normalized spacial score (nSPS) is 13.4. The molecule has 0 aromatic carbocycles. The van der Waals surface area contributed by atoms with E-state index in [1.165, 1.54) is 18.3 Å². The first-order valence-corrected chi connectivity index (χ1v) is 6.71. The first-order chi connectivity index (χ1) is 8.50. The van der Waals surface area contributed by atoms with Crippen molar-refractivity contribution in [2.75, 3.05) is 5.73 Å². The van der Waals surface area contributed by atoms with Crippen LogP contribution in [0.2, 0.25) is 0 Å². The molecular formula is C10H13N5O2S. The molecule has 1 atom stereocenters. The van der Waals surface area contributed by atoms with Gasteiger partial charge in [-0.1, -0.05) is 0 Å². The summed E-state index contributed by atoms with van der Waals surface area (Å²) in [5, 5.41) is 0. The van der Waals surface area contributed by atoms with Gasteiger partial charge in [0, 0.05) is 18.6 Å². The van der Waals surface area contributed by atoms with Crippen LogP contribution in [0, 0.1) is 0 Å². The predicted molar refractivity (Wildman–Crippen MR) is 66.0 cm³/mol. The Kier molecular flexibility index (Phi) is 3.30. The second-order valence-electron chi connectivity index (χ2n) is 3.70. The van der Waals surface area contributed by atoms with E-state index < -0.39 is 16.1 Å². The topological polar surface area (TPSA) is 114 Å². The van der Waals surface area contributed by atoms with E-state index in [2.05, 4.69) is 19.7 Å². The zero-order valence-corrected chi connectivity index (χ0v) is 10.5. The Labute approximate surface area is 105 Å². The summed E-state index contributed by atoms with van der Waals surface area (Å²) in [5.41, 5.74) is 5.55. The number of hydrogen-bond donors (Lipinski definition) is 3. The quantitative estimate of drug-likeness (QED) is 0.743. The van der Waals surface area contributed by atoms with Gasteiger partial charge in [-0.15, -0.1) is 0 Å². The Hall–Kier alpha value is -1.93. The molecule has 2 heterocycles. The van der Waals surface area contributed by atoms with Gasteiger partial charge in [0.2, 0.25) is 10.0 Å². The van der Waals surface area contributed by atoms with Crippen LogP contribution in [-0.4, -0.2) is 23.4 Å². The van der Waals surface area contributed by atoms with Crippen LogP contribution in [0.1, 0.15) is 18.8 Å². The number of anilines is 1. The number of pyridine rings is 1. The fourth-order valence-electron chi connectivity index (χ4n) is 1.50. The molecule has 18 heavy (non-hydrogen) atoms. The number of aromatic amines is 1. The number of hydrogen-bond acceptors (Lipinski definition) is 5. The molecule has 0 aliphatic rings. The van der Waals surface area contributed by atoms with Crippen molar-refractivity contribution < 1.29 is 8.42 Å². The van der Waals surface area contributed by atoms with Crippen molar-refractivity contribution in [3.63, 3.8) is 0 Å². The maximum atomic E-state index is 12.1. The van der Waals surface area contributed by atoms with Gasteiger partial charge in [-0.3, -0.25) is 0 Å². The minimum Gasteiger partial charge on any atom is -0.383 e. The predicted octanol–water partition coefficient (Wildman–Crippen LogP) is 0.426. The summed E-state index contributed by atoms with van der Waals surface area (Å²) in [4.78, 5) is 10.5. The molecule has 0 aliphatic heterocycles. The molecule has 8 heteroatoms. The Balaban J connectivity index is 2.26. The van der Waals surface area contributed by atoms with Gasteiger partial charge < -0.3 is 10.7 Å². The Bertz CT molecular complexity index is 623. The standard InChI is InChI=1S/C10H13N5O2S/c1-7(10-13-5-6-14-10)15-18(16,17)8-3-2-4-12-9(8)11/h2-7,15H,1H3,(H2,11,12)(H,13,14). The lowest BCUT2D eigenvalue weighted by Gasteiger charge is -2.12. The summed E-state index contributed by atoms with van der Waals surface area (Å²) < 4.78 is 26.6. The lowest BCUT2D eigenvalue weighted by Crippen LogP contribution is -2.28. The number of sulfonamides is 1. The average molecular weight is 267 g/mol. The first-order valence-electron chi connectivity index (χ1n) is 5.23. The molecule has 7 nitrogen and oxygen atoms in total. The van der Waals surface area contributed by atoms with Crippen LogP contribution in [0.25, 0.3) is 0 Å². The largest absolute Gasteiger partial charge is 0.383 e. The van der Waals surface area contributed by atoms with Crippen LogP contribution in [0.5, 0.6) is 0 Å². The molecule has 96 valence electrons. The van der Waals surface area contributed by atoms with E-state index in [1.54, 1.807) is 19.3 Å². The Morgan fingerprint density at radius 3 is 2.78 bits per heavy atom. The molecule has 0 bridgehead atoms. The second kappa shape index (κ2) is 4.75. The molecule has 0 aliphatic carbocycles. The number of nitrogens with zero attached hydrogens (tertiary/aromatic N) is 2. The van der Waals surface area contributed by atoms with Gasteiger partial charge in [0.25, 0.3) is 0 Å². The van der Waals surface area contributed by atoms with Crippen LogP contribution < -0.4 is 10.5 Å². The Morgan fingerprint density at radius 2 is 2.17 bits per heavy atom. The molecule has 0 fully saturated rings. The van der Waals surface area contributed by atoms with Gasteiger partial charge in [-0.05, 0) is 19.1 Å². The van der Waals surface area contributed by atoms with Crippen LogP contribution in [0.3, 0.4) is 0 Å². The third-order valence-corrected chi connectivity index (χ3v) is 3.94. The van der Waals surface area contributed by atoms with Gasteiger partial charge in [0.05, 0.1) is 6.04 Å². The van der Waals surface area contributed by atoms with Crippen molar-refractivity contribution in [3.05, 3.63) is 36.5 Å². The number of H-pyrrole nitrogens is 1. The highest BCUT2D eigenvalue weighted by atomic mass is 32.2. The van der Waals surface area contributed by atoms with Crippen LogP contribution >= 0.6 is 0 Å². The fraction of sp³-hybridized carbons (Fsp3) is 0.200. The smallest absolute Gasteiger partial charge is 0.244 e. The molecule has 2 aromatic heterocycles. The van der Waals surface area contributed by atoms with Crippen molar-refractivity contribution in [1.82, 2.24) is 19.7 Å². The van der Waals surface area contributed by atoms with Crippen LogP contribution in [0.15, 0.2) is 35.6 Å². The summed E-state index contributed by atoms with van der Waals surface area (Å²) in [6, 6.07) is 2.44. The molecule has 0 saturated carbocycles. The van der Waals surface area contributed by atoms with Gasteiger partial charge in [-0.25, -0.2) is 23.1 Å². The molecule has 4 N–H and O–H groups in total. The maximum absolute atomic E-state index is 12.1. The first kappa shape index (κ1) is 12.5. The van der Waals surface area contributed by atoms with Gasteiger partial charge >= 0.3 is 0 Å². The van der Waals surface area contributed by atoms with Crippen molar-refractivity contribution in [1.29, 1.82) is 0 Å². The lowest BCUT2D eigenvalue weighted by atomic mass is 10.3. The van der Waals surface area contributed by atoms with Gasteiger partial charge in [0.15, 0.2) is 0 Å². The van der Waals surface area contributed by atoms with E-state index in [4.69, 9.17) is 5.73 Å². The second-order valence-corrected chi connectivity index (χ2v) is 5.39. The van der Waals surface area contributed by atoms with E-state index in [-0.39, 0.29) is 10.7 Å². The zero-order chi connectivity index (χ0) is 13.2. The summed E-state index contributed by atoms with van der Waals surface area (Å²) in [5.74, 6) is 0.498. The maximum Gasteiger partial charge on any atom is 0.244 e. The van der Waals surface area contributed by atoms with Crippen molar-refractivity contribution >= 4 is 15.8 Å². The number of nitrogens with one attached hydrogen (secondary N) is 2. The van der Waals surface area contributed by atoms with E-state index in [0.717, 1.165) is 0 Å². The summed E-state index contributed by atoms with van der Waals surface area (Å²) in [6.07, 6.45) is 4.61. The minimum atomic E-state index is -3.71. The van der Waals surface area contributed by atoms with Crippen LogP contribution in [-0.2, 0) is 10.0 Å². The molecule has 0 spiro atoms. The summed E-state index contributed by atoms with van der Waals surface area (Å²) in [7, 11) is -3.71. The highest BCUT2D eigenvalue weighted by Crippen LogP contribution is 2.17. The molecule has 1 unspecified atom stereocenters. The third-order valence-electron chi connectivity index (χ3n) is 2.35. The Morgan fingerprint density at radius 1 is 1.39 bits per heavy atom. The highest BCUT2D eigenvalue weighted by Gasteiger charge is 2.22. The zero-order valence-electron chi connectivity index (χ0n) is 9.66. The SMILES string of the molecule is CC(NS(=O)(=O)c1cccnc1N)c1ncc[nH]1. The van der Waals surface area contributed by atoms with Crippen molar-refractivity contribution in [2.45, 2.75) is 17.9 Å². The number of nitrogens with two attached hydrogens (primary N) is 1.